The van der Waals surface area contributed by atoms with Crippen molar-refractivity contribution in [1.29, 1.82) is 0 Å². The summed E-state index contributed by atoms with van der Waals surface area (Å²) in [5, 5.41) is 1.38. The van der Waals surface area contributed by atoms with E-state index in [1.165, 1.54) is 27.4 Å². The Morgan fingerprint density at radius 2 is 1.28 bits per heavy atom. The summed E-state index contributed by atoms with van der Waals surface area (Å²) >= 11 is 0. The van der Waals surface area contributed by atoms with Crippen LogP contribution in [0.25, 0.3) is 33.6 Å². The first-order valence-corrected chi connectivity index (χ1v) is 17.9. The number of hydrogen-bond acceptors (Lipinski definition) is 2. The van der Waals surface area contributed by atoms with Gasteiger partial charge >= 0.3 is 0 Å². The molecule has 0 aliphatic heterocycles. The average Bonchev–Trinajstić information content (AvgIpc) is 3.06. The molecule has 0 fully saturated rings. The van der Waals surface area contributed by atoms with Crippen molar-refractivity contribution < 1.29 is 20.1 Å². The maximum absolute atomic E-state index is 4.65. The van der Waals surface area contributed by atoms with Crippen molar-refractivity contribution in [2.24, 2.45) is 0 Å². The number of aromatic nitrogens is 2. The van der Waals surface area contributed by atoms with Crippen LogP contribution in [0.2, 0.25) is 19.6 Å². The Balaban J connectivity index is 0.000000193. The van der Waals surface area contributed by atoms with Gasteiger partial charge in [0.05, 0.1) is 8.07 Å². The molecule has 0 saturated heterocycles. The Labute approximate surface area is 271 Å². The van der Waals surface area contributed by atoms with Crippen LogP contribution in [0.5, 0.6) is 0 Å². The zero-order valence-electron chi connectivity index (χ0n) is 25.1. The fourth-order valence-electron chi connectivity index (χ4n) is 4.77. The number of hydrogen-bond donors (Lipinski definition) is 0. The monoisotopic (exact) mass is 753 g/mol. The summed E-state index contributed by atoms with van der Waals surface area (Å²) in [6.07, 6.45) is 3.91. The van der Waals surface area contributed by atoms with E-state index in [4.69, 9.17) is 0 Å². The van der Waals surface area contributed by atoms with E-state index in [1.807, 2.05) is 54.9 Å². The van der Waals surface area contributed by atoms with Gasteiger partial charge in [-0.05, 0) is 39.3 Å². The van der Waals surface area contributed by atoms with Crippen molar-refractivity contribution in [2.45, 2.75) is 32.5 Å². The molecule has 4 aromatic carbocycles. The zero-order valence-corrected chi connectivity index (χ0v) is 28.5. The molecule has 43 heavy (non-hydrogen) atoms. The smallest absolute Gasteiger partial charge is 0.0795 e. The molecule has 1 radical (unpaired) electrons. The fraction of sp³-hybridized carbons (Fsp3) is 0.128. The van der Waals surface area contributed by atoms with Crippen LogP contribution in [0, 0.1) is 12.1 Å². The van der Waals surface area contributed by atoms with Gasteiger partial charge in [-0.15, -0.1) is 71.3 Å². The van der Waals surface area contributed by atoms with Gasteiger partial charge in [0.25, 0.3) is 0 Å². The molecule has 6 rings (SSSR count). The first kappa shape index (κ1) is 32.0. The molecule has 6 aromatic rings. The van der Waals surface area contributed by atoms with Crippen molar-refractivity contribution in [3.63, 3.8) is 0 Å². The van der Waals surface area contributed by atoms with Crippen LogP contribution in [-0.2, 0) is 20.1 Å². The van der Waals surface area contributed by atoms with Crippen molar-refractivity contribution >= 4 is 13.3 Å². The van der Waals surface area contributed by atoms with E-state index in [-0.39, 0.29) is 20.1 Å². The summed E-state index contributed by atoms with van der Waals surface area (Å²) in [6, 6.07) is 50.2. The molecular formula is C39H36IrN2Si-2. The number of nitrogens with zero attached hydrogens (tertiary/aromatic N) is 2. The molecular weight excluding hydrogens is 717 g/mol. The van der Waals surface area contributed by atoms with Gasteiger partial charge in [-0.2, -0.15) is 0 Å². The standard InChI is InChI=1S/C20H20NSi.C19H16N.Ir/c1-22(2,3)19-12-13-20(21-15-19)18-11-7-10-17(14-18)16-8-5-4-6-9-16;1-15(16-8-4-2-5-9-16)18-12-13-20-19(14-18)17-10-6-3-7-11-17;/h4-10,12-15H,1-3H3;2-10,12-15H,1H3;/q2*-1;. The van der Waals surface area contributed by atoms with Gasteiger partial charge in [-0.25, -0.2) is 0 Å². The maximum Gasteiger partial charge on any atom is 0.0795 e. The van der Waals surface area contributed by atoms with Gasteiger partial charge in [0.2, 0.25) is 0 Å². The van der Waals surface area contributed by atoms with Crippen LogP contribution in [0.4, 0.5) is 0 Å². The Kier molecular flexibility index (Phi) is 11.1. The van der Waals surface area contributed by atoms with Crippen molar-refractivity contribution in [1.82, 2.24) is 9.97 Å². The molecule has 0 spiro atoms. The van der Waals surface area contributed by atoms with Crippen LogP contribution < -0.4 is 5.19 Å². The first-order chi connectivity index (χ1) is 20.4. The van der Waals surface area contributed by atoms with Crippen molar-refractivity contribution in [3.8, 4) is 33.6 Å². The molecule has 2 nitrogen and oxygen atoms in total. The second-order valence-corrected chi connectivity index (χ2v) is 16.5. The van der Waals surface area contributed by atoms with Gasteiger partial charge in [0.1, 0.15) is 0 Å². The van der Waals surface area contributed by atoms with Gasteiger partial charge in [-0.3, -0.25) is 0 Å². The third-order valence-corrected chi connectivity index (χ3v) is 9.41. The van der Waals surface area contributed by atoms with Gasteiger partial charge in [0.15, 0.2) is 0 Å². The Hall–Kier alpha value is -3.95. The second kappa shape index (κ2) is 15.0. The van der Waals surface area contributed by atoms with Crippen LogP contribution >= 0.6 is 0 Å². The molecule has 4 heteroatoms. The number of pyridine rings is 2. The predicted octanol–water partition coefficient (Wildman–Crippen LogP) is 9.46. The summed E-state index contributed by atoms with van der Waals surface area (Å²) in [4.78, 5) is 9.11. The van der Waals surface area contributed by atoms with E-state index < -0.39 is 8.07 Å². The summed E-state index contributed by atoms with van der Waals surface area (Å²) in [5.74, 6) is 0.363. The summed E-state index contributed by atoms with van der Waals surface area (Å²) in [7, 11) is -1.29. The van der Waals surface area contributed by atoms with E-state index in [0.717, 1.165) is 22.5 Å². The summed E-state index contributed by atoms with van der Waals surface area (Å²) in [6.45, 7) is 9.24. The molecule has 0 aliphatic rings. The average molecular weight is 753 g/mol. The summed E-state index contributed by atoms with van der Waals surface area (Å²) < 4.78 is 0. The minimum absolute atomic E-state index is 0. The molecule has 0 N–H and O–H groups in total. The minimum Gasteiger partial charge on any atom is -0.305 e. The molecule has 1 unspecified atom stereocenters. The summed E-state index contributed by atoms with van der Waals surface area (Å²) in [5.41, 5.74) is 9.06. The quantitative estimate of drug-likeness (QED) is 0.125. The van der Waals surface area contributed by atoms with Gasteiger partial charge in [-0.1, -0.05) is 105 Å². The predicted molar refractivity (Wildman–Crippen MR) is 179 cm³/mol. The Morgan fingerprint density at radius 3 is 1.93 bits per heavy atom. The molecule has 0 aliphatic carbocycles. The molecule has 217 valence electrons. The third-order valence-electron chi connectivity index (χ3n) is 7.38. The normalized spacial score (nSPS) is 11.4. The Morgan fingerprint density at radius 1 is 0.581 bits per heavy atom. The van der Waals surface area contributed by atoms with Crippen molar-refractivity contribution in [2.75, 3.05) is 0 Å². The molecule has 0 amide bonds. The Bertz CT molecular complexity index is 1700. The van der Waals surface area contributed by atoms with Crippen LogP contribution in [0.15, 0.2) is 140 Å². The second-order valence-electron chi connectivity index (χ2n) is 11.4. The number of rotatable bonds is 6. The SMILES string of the molecule is CC(c1ccccc1)c1ccnc(-c2[c-]cccc2)c1.C[Si](C)(C)c1ccc(-c2[c-]ccc(-c3ccccc3)c2)nc1.[Ir]. The minimum atomic E-state index is -1.29. The maximum atomic E-state index is 4.65. The largest absolute Gasteiger partial charge is 0.305 e. The topological polar surface area (TPSA) is 25.8 Å². The molecule has 2 heterocycles. The molecule has 0 saturated carbocycles. The van der Waals surface area contributed by atoms with Crippen LogP contribution in [-0.4, -0.2) is 18.0 Å². The van der Waals surface area contributed by atoms with Crippen molar-refractivity contribution in [3.05, 3.63) is 163 Å². The zero-order chi connectivity index (χ0) is 29.4. The van der Waals surface area contributed by atoms with Gasteiger partial charge < -0.3 is 9.97 Å². The number of benzene rings is 4. The molecule has 0 bridgehead atoms. The third kappa shape index (κ3) is 8.55. The van der Waals surface area contributed by atoms with E-state index in [9.17, 15) is 0 Å². The molecule has 2 aromatic heterocycles. The fourth-order valence-corrected chi connectivity index (χ4v) is 5.81. The van der Waals surface area contributed by atoms with E-state index in [0.29, 0.717) is 5.92 Å². The van der Waals surface area contributed by atoms with E-state index in [1.54, 1.807) is 0 Å². The molecule has 1 atom stereocenters. The van der Waals surface area contributed by atoms with E-state index >= 15 is 0 Å². The first-order valence-electron chi connectivity index (χ1n) is 14.4. The van der Waals surface area contributed by atoms with Gasteiger partial charge in [0, 0.05) is 38.4 Å². The van der Waals surface area contributed by atoms with Crippen LogP contribution in [0.1, 0.15) is 24.0 Å². The van der Waals surface area contributed by atoms with Crippen LogP contribution in [0.3, 0.4) is 0 Å². The van der Waals surface area contributed by atoms with E-state index in [2.05, 4.69) is 134 Å².